The van der Waals surface area contributed by atoms with Crippen LogP contribution in [0.4, 0.5) is 0 Å². The van der Waals surface area contributed by atoms with Crippen LogP contribution in [0.15, 0.2) is 23.8 Å². The van der Waals surface area contributed by atoms with Crippen LogP contribution in [-0.2, 0) is 0 Å². The Morgan fingerprint density at radius 2 is 2.13 bits per heavy atom. The van der Waals surface area contributed by atoms with E-state index in [1.807, 2.05) is 6.08 Å². The van der Waals surface area contributed by atoms with Crippen molar-refractivity contribution in [3.05, 3.63) is 23.8 Å². The molecule has 1 N–H and O–H groups in total. The Hall–Kier alpha value is -0.560. The Balaban J connectivity index is 2.55. The highest BCUT2D eigenvalue weighted by Crippen LogP contribution is 2.30. The van der Waals surface area contributed by atoms with E-state index in [0.29, 0.717) is 11.8 Å². The number of allylic oxidation sites excluding steroid dienone is 2. The minimum Gasteiger partial charge on any atom is -0.385 e. The summed E-state index contributed by atoms with van der Waals surface area (Å²) in [4.78, 5) is 0. The Morgan fingerprint density at radius 1 is 1.40 bits per heavy atom. The van der Waals surface area contributed by atoms with Gasteiger partial charge in [-0.3, -0.25) is 0 Å². The fourth-order valence-corrected chi connectivity index (χ4v) is 2.01. The number of aliphatic hydroxyl groups is 1. The van der Waals surface area contributed by atoms with Crippen LogP contribution in [0, 0.1) is 11.8 Å². The highest BCUT2D eigenvalue weighted by Gasteiger charge is 2.22. The molecule has 0 saturated heterocycles. The van der Waals surface area contributed by atoms with Crippen molar-refractivity contribution in [1.29, 1.82) is 0 Å². The summed E-state index contributed by atoms with van der Waals surface area (Å²) in [6, 6.07) is 0. The maximum Gasteiger partial charge on any atom is 0.0937 e. The van der Waals surface area contributed by atoms with Crippen molar-refractivity contribution in [2.24, 2.45) is 11.8 Å². The fourth-order valence-electron chi connectivity index (χ4n) is 2.01. The summed E-state index contributed by atoms with van der Waals surface area (Å²) >= 11 is 0. The second-order valence-electron chi connectivity index (χ2n) is 4.91. The minimum atomic E-state index is -0.314. The van der Waals surface area contributed by atoms with E-state index < -0.39 is 0 Å². The molecule has 2 unspecified atom stereocenters. The first-order valence-electron chi connectivity index (χ1n) is 6.21. The number of rotatable bonds is 5. The van der Waals surface area contributed by atoms with Gasteiger partial charge in [0.2, 0.25) is 0 Å². The molecule has 0 aromatic heterocycles. The van der Waals surface area contributed by atoms with E-state index in [4.69, 9.17) is 0 Å². The van der Waals surface area contributed by atoms with Gasteiger partial charge in [-0.1, -0.05) is 51.8 Å². The van der Waals surface area contributed by atoms with Crippen LogP contribution < -0.4 is 0 Å². The average molecular weight is 208 g/mol. The quantitative estimate of drug-likeness (QED) is 0.683. The molecule has 0 radical (unpaired) electrons. The first-order valence-corrected chi connectivity index (χ1v) is 6.21. The number of hydrogen-bond donors (Lipinski definition) is 1. The van der Waals surface area contributed by atoms with Crippen molar-refractivity contribution < 1.29 is 5.11 Å². The van der Waals surface area contributed by atoms with Gasteiger partial charge in [0.1, 0.15) is 0 Å². The van der Waals surface area contributed by atoms with Crippen molar-refractivity contribution in [3.63, 3.8) is 0 Å². The lowest BCUT2D eigenvalue weighted by Crippen LogP contribution is -2.08. The van der Waals surface area contributed by atoms with E-state index in [0.717, 1.165) is 6.42 Å². The minimum absolute atomic E-state index is 0.314. The summed E-state index contributed by atoms with van der Waals surface area (Å²) in [5.74, 6) is 1.18. The van der Waals surface area contributed by atoms with E-state index in [9.17, 15) is 5.11 Å². The second kappa shape index (κ2) is 6.12. The maximum atomic E-state index is 9.82. The molecule has 0 amide bonds. The van der Waals surface area contributed by atoms with Crippen LogP contribution in [0.2, 0.25) is 0 Å². The van der Waals surface area contributed by atoms with Gasteiger partial charge in [0.25, 0.3) is 0 Å². The Morgan fingerprint density at radius 3 is 2.73 bits per heavy atom. The van der Waals surface area contributed by atoms with Gasteiger partial charge in [-0.2, -0.15) is 0 Å². The summed E-state index contributed by atoms with van der Waals surface area (Å²) in [6.45, 7) is 6.65. The van der Waals surface area contributed by atoms with Gasteiger partial charge >= 0.3 is 0 Å². The van der Waals surface area contributed by atoms with E-state index in [-0.39, 0.29) is 6.10 Å². The van der Waals surface area contributed by atoms with Crippen LogP contribution in [0.1, 0.15) is 46.5 Å². The van der Waals surface area contributed by atoms with E-state index in [1.54, 1.807) is 0 Å². The molecule has 0 bridgehead atoms. The van der Waals surface area contributed by atoms with Gasteiger partial charge in [-0.15, -0.1) is 0 Å². The molecule has 0 spiro atoms. The second-order valence-corrected chi connectivity index (χ2v) is 4.91. The molecule has 0 fully saturated rings. The van der Waals surface area contributed by atoms with Crippen molar-refractivity contribution in [2.75, 3.05) is 0 Å². The van der Waals surface area contributed by atoms with Crippen molar-refractivity contribution in [3.8, 4) is 0 Å². The topological polar surface area (TPSA) is 20.2 Å². The Labute approximate surface area is 93.9 Å². The van der Waals surface area contributed by atoms with Gasteiger partial charge in [-0.25, -0.2) is 0 Å². The molecule has 0 heterocycles. The summed E-state index contributed by atoms with van der Waals surface area (Å²) in [6.07, 6.45) is 10.8. The van der Waals surface area contributed by atoms with Gasteiger partial charge in [0, 0.05) is 5.92 Å². The molecule has 86 valence electrons. The van der Waals surface area contributed by atoms with Crippen LogP contribution in [0.3, 0.4) is 0 Å². The van der Waals surface area contributed by atoms with E-state index in [2.05, 4.69) is 32.9 Å². The molecule has 0 saturated carbocycles. The lowest BCUT2D eigenvalue weighted by molar-refractivity contribution is 0.255. The molecule has 0 aromatic rings. The SMILES string of the molecule is CCCCC1C=CC(O)/C1=C/CC(C)C. The third-order valence-corrected chi connectivity index (χ3v) is 2.99. The molecule has 1 rings (SSSR count). The number of unbranched alkanes of at least 4 members (excludes halogenated alkanes) is 1. The zero-order valence-electron chi connectivity index (χ0n) is 10.2. The third-order valence-electron chi connectivity index (χ3n) is 2.99. The first kappa shape index (κ1) is 12.5. The van der Waals surface area contributed by atoms with Gasteiger partial charge in [0.05, 0.1) is 6.10 Å². The van der Waals surface area contributed by atoms with Gasteiger partial charge in [0.15, 0.2) is 0 Å². The third kappa shape index (κ3) is 3.83. The van der Waals surface area contributed by atoms with Crippen molar-refractivity contribution in [1.82, 2.24) is 0 Å². The summed E-state index contributed by atoms with van der Waals surface area (Å²) in [5, 5.41) is 9.82. The fraction of sp³-hybridized carbons (Fsp3) is 0.714. The maximum absolute atomic E-state index is 9.82. The number of hydrogen-bond acceptors (Lipinski definition) is 1. The Bertz CT molecular complexity index is 238. The zero-order chi connectivity index (χ0) is 11.3. The molecule has 1 nitrogen and oxygen atoms in total. The summed E-state index contributed by atoms with van der Waals surface area (Å²) in [7, 11) is 0. The molecular weight excluding hydrogens is 184 g/mol. The van der Waals surface area contributed by atoms with Crippen LogP contribution in [0.25, 0.3) is 0 Å². The van der Waals surface area contributed by atoms with E-state index in [1.165, 1.54) is 24.8 Å². The molecule has 15 heavy (non-hydrogen) atoms. The molecule has 0 aliphatic heterocycles. The predicted octanol–water partition coefficient (Wildman–Crippen LogP) is 3.70. The lowest BCUT2D eigenvalue weighted by atomic mass is 9.93. The standard InChI is InChI=1S/C14H24O/c1-4-5-6-12-8-10-14(15)13(12)9-7-11(2)3/h8-12,14-15H,4-7H2,1-3H3/b13-9+. The summed E-state index contributed by atoms with van der Waals surface area (Å²) < 4.78 is 0. The van der Waals surface area contributed by atoms with Crippen LogP contribution >= 0.6 is 0 Å². The van der Waals surface area contributed by atoms with Crippen molar-refractivity contribution >= 4 is 0 Å². The molecule has 1 heteroatoms. The predicted molar refractivity (Wildman–Crippen MR) is 65.7 cm³/mol. The molecule has 2 atom stereocenters. The van der Waals surface area contributed by atoms with Gasteiger partial charge < -0.3 is 5.11 Å². The van der Waals surface area contributed by atoms with Crippen molar-refractivity contribution in [2.45, 2.75) is 52.6 Å². The molecular formula is C14H24O. The normalized spacial score (nSPS) is 28.2. The average Bonchev–Trinajstić information content (AvgIpc) is 2.53. The largest absolute Gasteiger partial charge is 0.385 e. The molecule has 0 aromatic carbocycles. The number of aliphatic hydroxyl groups excluding tert-OH is 1. The Kier molecular flexibility index (Phi) is 5.10. The van der Waals surface area contributed by atoms with Crippen LogP contribution in [0.5, 0.6) is 0 Å². The highest BCUT2D eigenvalue weighted by atomic mass is 16.3. The first-order chi connectivity index (χ1) is 7.15. The van der Waals surface area contributed by atoms with Gasteiger partial charge in [-0.05, 0) is 24.3 Å². The molecule has 1 aliphatic carbocycles. The van der Waals surface area contributed by atoms with Crippen LogP contribution in [-0.4, -0.2) is 11.2 Å². The zero-order valence-corrected chi connectivity index (χ0v) is 10.2. The highest BCUT2D eigenvalue weighted by molar-refractivity contribution is 5.29. The smallest absolute Gasteiger partial charge is 0.0937 e. The lowest BCUT2D eigenvalue weighted by Gasteiger charge is -2.14. The summed E-state index contributed by atoms with van der Waals surface area (Å²) in [5.41, 5.74) is 1.23. The van der Waals surface area contributed by atoms with E-state index >= 15 is 0 Å². The molecule has 1 aliphatic rings. The monoisotopic (exact) mass is 208 g/mol.